The average molecular weight is 257 g/mol. The van der Waals surface area contributed by atoms with Crippen molar-refractivity contribution >= 4 is 0 Å². The maximum absolute atomic E-state index is 13.0. The fourth-order valence-electron chi connectivity index (χ4n) is 2.09. The predicted molar refractivity (Wildman–Crippen MR) is 63.0 cm³/mol. The van der Waals surface area contributed by atoms with Crippen molar-refractivity contribution in [3.05, 3.63) is 35.4 Å². The van der Waals surface area contributed by atoms with E-state index in [2.05, 4.69) is 0 Å². The third kappa shape index (κ3) is 3.25. The Hall–Kier alpha value is -1.04. The van der Waals surface area contributed by atoms with Crippen LogP contribution in [0.25, 0.3) is 0 Å². The molecular weight excluding hydrogens is 240 g/mol. The van der Waals surface area contributed by atoms with Crippen molar-refractivity contribution < 1.29 is 18.3 Å². The Morgan fingerprint density at radius 2 is 2.00 bits per heavy atom. The lowest BCUT2D eigenvalue weighted by molar-refractivity contribution is -0.130. The summed E-state index contributed by atoms with van der Waals surface area (Å²) in [6.45, 7) is 1.61. The van der Waals surface area contributed by atoms with Crippen molar-refractivity contribution in [3.8, 4) is 0 Å². The zero-order valence-corrected chi connectivity index (χ0v) is 10.1. The van der Waals surface area contributed by atoms with Crippen LogP contribution in [0.1, 0.15) is 18.4 Å². The van der Waals surface area contributed by atoms with Gasteiger partial charge in [0.25, 0.3) is 0 Å². The summed E-state index contributed by atoms with van der Waals surface area (Å²) in [5.41, 5.74) is 5.65. The van der Waals surface area contributed by atoms with Gasteiger partial charge in [-0.05, 0) is 30.5 Å². The van der Waals surface area contributed by atoms with Crippen LogP contribution in [0.5, 0.6) is 0 Å². The number of hydrogen-bond acceptors (Lipinski definition) is 3. The van der Waals surface area contributed by atoms with Crippen LogP contribution in [0.15, 0.2) is 18.2 Å². The van der Waals surface area contributed by atoms with Crippen molar-refractivity contribution in [1.82, 2.24) is 0 Å². The molecule has 1 fully saturated rings. The first-order valence-electron chi connectivity index (χ1n) is 6.00. The number of hydrogen-bond donors (Lipinski definition) is 1. The Morgan fingerprint density at radius 1 is 1.28 bits per heavy atom. The smallest absolute Gasteiger partial charge is 0.126 e. The monoisotopic (exact) mass is 257 g/mol. The van der Waals surface area contributed by atoms with E-state index in [9.17, 15) is 8.78 Å². The van der Waals surface area contributed by atoms with Crippen LogP contribution in [0.4, 0.5) is 8.78 Å². The molecule has 100 valence electrons. The van der Waals surface area contributed by atoms with Gasteiger partial charge in [-0.25, -0.2) is 8.78 Å². The third-order valence-corrected chi connectivity index (χ3v) is 3.13. The lowest BCUT2D eigenvalue weighted by Crippen LogP contribution is -2.47. The van der Waals surface area contributed by atoms with Crippen LogP contribution < -0.4 is 5.73 Å². The topological polar surface area (TPSA) is 44.5 Å². The molecule has 1 aromatic carbocycles. The van der Waals surface area contributed by atoms with Crippen molar-refractivity contribution in [2.75, 3.05) is 19.8 Å². The fourth-order valence-corrected chi connectivity index (χ4v) is 2.09. The summed E-state index contributed by atoms with van der Waals surface area (Å²) < 4.78 is 37.1. The highest BCUT2D eigenvalue weighted by molar-refractivity contribution is 5.17. The number of halogens is 2. The van der Waals surface area contributed by atoms with Crippen LogP contribution in [-0.4, -0.2) is 25.4 Å². The van der Waals surface area contributed by atoms with Gasteiger partial charge in [-0.1, -0.05) is 0 Å². The summed E-state index contributed by atoms with van der Waals surface area (Å²) in [4.78, 5) is 0. The van der Waals surface area contributed by atoms with Crippen molar-refractivity contribution in [1.29, 1.82) is 0 Å². The fraction of sp³-hybridized carbons (Fsp3) is 0.538. The zero-order valence-electron chi connectivity index (χ0n) is 10.1. The number of nitrogens with two attached hydrogens (primary N) is 1. The first-order valence-corrected chi connectivity index (χ1v) is 6.00. The van der Waals surface area contributed by atoms with Gasteiger partial charge in [-0.3, -0.25) is 0 Å². The molecule has 1 unspecified atom stereocenters. The second-order valence-electron chi connectivity index (χ2n) is 4.61. The van der Waals surface area contributed by atoms with E-state index in [0.29, 0.717) is 25.3 Å². The van der Waals surface area contributed by atoms with Gasteiger partial charge in [-0.15, -0.1) is 0 Å². The van der Waals surface area contributed by atoms with Gasteiger partial charge in [0.2, 0.25) is 0 Å². The van der Waals surface area contributed by atoms with E-state index in [0.717, 1.165) is 18.9 Å². The average Bonchev–Trinajstić information content (AvgIpc) is 2.36. The van der Waals surface area contributed by atoms with E-state index in [1.54, 1.807) is 0 Å². The molecule has 0 spiro atoms. The second kappa shape index (κ2) is 5.73. The van der Waals surface area contributed by atoms with Crippen molar-refractivity contribution in [2.45, 2.75) is 25.0 Å². The summed E-state index contributed by atoms with van der Waals surface area (Å²) in [7, 11) is 0. The molecule has 1 aromatic rings. The molecule has 0 radical (unpaired) electrons. The summed E-state index contributed by atoms with van der Waals surface area (Å²) in [5, 5.41) is 0. The van der Waals surface area contributed by atoms with Gasteiger partial charge in [-0.2, -0.15) is 0 Å². The number of benzene rings is 1. The summed E-state index contributed by atoms with van der Waals surface area (Å²) in [6, 6.07) is 3.36. The molecule has 1 heterocycles. The molecule has 2 N–H and O–H groups in total. The molecule has 18 heavy (non-hydrogen) atoms. The summed E-state index contributed by atoms with van der Waals surface area (Å²) >= 11 is 0. The van der Waals surface area contributed by atoms with Crippen molar-refractivity contribution in [3.63, 3.8) is 0 Å². The van der Waals surface area contributed by atoms with Crippen LogP contribution >= 0.6 is 0 Å². The molecule has 2 rings (SSSR count). The SMILES string of the molecule is NCC1(OCc2cc(F)cc(F)c2)CCCOC1. The van der Waals surface area contributed by atoms with E-state index in [4.69, 9.17) is 15.2 Å². The van der Waals surface area contributed by atoms with Crippen LogP contribution in [-0.2, 0) is 16.1 Å². The number of rotatable bonds is 4. The minimum Gasteiger partial charge on any atom is -0.378 e. The van der Waals surface area contributed by atoms with Gasteiger partial charge in [0.15, 0.2) is 0 Å². The van der Waals surface area contributed by atoms with Gasteiger partial charge in [0, 0.05) is 19.2 Å². The minimum absolute atomic E-state index is 0.134. The molecule has 0 amide bonds. The molecule has 1 aliphatic rings. The van der Waals surface area contributed by atoms with Gasteiger partial charge in [0.05, 0.1) is 13.2 Å². The maximum atomic E-state index is 13.0. The lowest BCUT2D eigenvalue weighted by atomic mass is 9.96. The molecule has 0 aromatic heterocycles. The standard InChI is InChI=1S/C13H17F2NO2/c14-11-4-10(5-12(15)6-11)7-18-13(8-16)2-1-3-17-9-13/h4-6H,1-3,7-9,16H2. The van der Waals surface area contributed by atoms with E-state index in [-0.39, 0.29) is 6.61 Å². The molecule has 3 nitrogen and oxygen atoms in total. The third-order valence-electron chi connectivity index (χ3n) is 3.13. The van der Waals surface area contributed by atoms with Crippen LogP contribution in [0.2, 0.25) is 0 Å². The van der Waals surface area contributed by atoms with Crippen molar-refractivity contribution in [2.24, 2.45) is 5.73 Å². The van der Waals surface area contributed by atoms with Crippen LogP contribution in [0.3, 0.4) is 0 Å². The first kappa shape index (κ1) is 13.4. The Morgan fingerprint density at radius 3 is 2.56 bits per heavy atom. The van der Waals surface area contributed by atoms with Gasteiger partial charge < -0.3 is 15.2 Å². The van der Waals surface area contributed by atoms with Gasteiger partial charge >= 0.3 is 0 Å². The summed E-state index contributed by atoms with van der Waals surface area (Å²) in [6.07, 6.45) is 1.69. The normalized spacial score (nSPS) is 24.2. The molecule has 5 heteroatoms. The molecule has 0 aliphatic carbocycles. The van der Waals surface area contributed by atoms with E-state index < -0.39 is 17.2 Å². The molecule has 1 aliphatic heterocycles. The highest BCUT2D eigenvalue weighted by atomic mass is 19.1. The molecule has 0 bridgehead atoms. The van der Waals surface area contributed by atoms with E-state index in [1.165, 1.54) is 12.1 Å². The predicted octanol–water partition coefficient (Wildman–Crippen LogP) is 1.99. The maximum Gasteiger partial charge on any atom is 0.126 e. The highest BCUT2D eigenvalue weighted by Gasteiger charge is 2.32. The Balaban J connectivity index is 2.00. The first-order chi connectivity index (χ1) is 8.63. The van der Waals surface area contributed by atoms with E-state index >= 15 is 0 Å². The Bertz CT molecular complexity index is 386. The lowest BCUT2D eigenvalue weighted by Gasteiger charge is -2.35. The minimum atomic E-state index is -0.602. The largest absolute Gasteiger partial charge is 0.378 e. The van der Waals surface area contributed by atoms with Crippen LogP contribution in [0, 0.1) is 11.6 Å². The van der Waals surface area contributed by atoms with Gasteiger partial charge in [0.1, 0.15) is 17.2 Å². The molecule has 1 saturated heterocycles. The molecular formula is C13H17F2NO2. The Kier molecular flexibility index (Phi) is 4.27. The zero-order chi connectivity index (χ0) is 13.0. The summed E-state index contributed by atoms with van der Waals surface area (Å²) in [5.74, 6) is -1.20. The quantitative estimate of drug-likeness (QED) is 0.897. The molecule has 0 saturated carbocycles. The Labute approximate surface area is 105 Å². The second-order valence-corrected chi connectivity index (χ2v) is 4.61. The number of ether oxygens (including phenoxy) is 2. The molecule has 1 atom stereocenters. The van der Waals surface area contributed by atoms with E-state index in [1.807, 2.05) is 0 Å². The highest BCUT2D eigenvalue weighted by Crippen LogP contribution is 2.24.